The SMILES string of the molecule is CCc1noc(CCNC(=O)c2cc3ccccc3o2)n1. The number of hydrogen-bond acceptors (Lipinski definition) is 5. The minimum atomic E-state index is -0.249. The Bertz CT molecular complexity index is 727. The van der Waals surface area contributed by atoms with Crippen molar-refractivity contribution in [3.8, 4) is 0 Å². The smallest absolute Gasteiger partial charge is 0.287 e. The molecule has 6 nitrogen and oxygen atoms in total. The number of nitrogens with one attached hydrogen (secondary N) is 1. The quantitative estimate of drug-likeness (QED) is 0.778. The van der Waals surface area contributed by atoms with Gasteiger partial charge in [0.05, 0.1) is 0 Å². The summed E-state index contributed by atoms with van der Waals surface area (Å²) in [6, 6.07) is 9.23. The first-order valence-corrected chi connectivity index (χ1v) is 6.84. The van der Waals surface area contributed by atoms with Crippen LogP contribution < -0.4 is 5.32 Å². The summed E-state index contributed by atoms with van der Waals surface area (Å²) in [5.74, 6) is 1.25. The van der Waals surface area contributed by atoms with E-state index in [1.54, 1.807) is 6.07 Å². The maximum absolute atomic E-state index is 12.0. The molecular formula is C15H15N3O3. The van der Waals surface area contributed by atoms with Crippen LogP contribution in [0, 0.1) is 0 Å². The highest BCUT2D eigenvalue weighted by atomic mass is 16.5. The lowest BCUT2D eigenvalue weighted by Gasteiger charge is -1.99. The summed E-state index contributed by atoms with van der Waals surface area (Å²) in [5.41, 5.74) is 0.701. The molecular weight excluding hydrogens is 270 g/mol. The van der Waals surface area contributed by atoms with Crippen LogP contribution in [0.4, 0.5) is 0 Å². The Balaban J connectivity index is 1.58. The van der Waals surface area contributed by atoms with Crippen LogP contribution in [0.5, 0.6) is 0 Å². The molecule has 0 unspecified atom stereocenters. The average molecular weight is 285 g/mol. The highest BCUT2D eigenvalue weighted by Crippen LogP contribution is 2.18. The molecule has 0 spiro atoms. The number of aromatic nitrogens is 2. The largest absolute Gasteiger partial charge is 0.451 e. The van der Waals surface area contributed by atoms with Crippen LogP contribution in [-0.4, -0.2) is 22.6 Å². The zero-order valence-corrected chi connectivity index (χ0v) is 11.6. The van der Waals surface area contributed by atoms with Gasteiger partial charge in [-0.25, -0.2) is 0 Å². The Kier molecular flexibility index (Phi) is 3.68. The average Bonchev–Trinajstić information content (AvgIpc) is 3.13. The predicted octanol–water partition coefficient (Wildman–Crippen LogP) is 2.35. The number of benzene rings is 1. The zero-order chi connectivity index (χ0) is 14.7. The molecule has 6 heteroatoms. The molecule has 3 aromatic rings. The standard InChI is InChI=1S/C15H15N3O3/c1-2-13-17-14(21-18-13)7-8-16-15(19)12-9-10-5-3-4-6-11(10)20-12/h3-6,9H,2,7-8H2,1H3,(H,16,19). The van der Waals surface area contributed by atoms with Crippen molar-refractivity contribution in [3.05, 3.63) is 47.8 Å². The number of fused-ring (bicyclic) bond motifs is 1. The Morgan fingerprint density at radius 2 is 2.19 bits per heavy atom. The fourth-order valence-electron chi connectivity index (χ4n) is 2.00. The summed E-state index contributed by atoms with van der Waals surface area (Å²) in [7, 11) is 0. The maximum atomic E-state index is 12.0. The molecule has 2 aromatic heterocycles. The number of nitrogens with zero attached hydrogens (tertiary/aromatic N) is 2. The van der Waals surface area contributed by atoms with E-state index < -0.39 is 0 Å². The Hall–Kier alpha value is -2.63. The van der Waals surface area contributed by atoms with Gasteiger partial charge in [-0.15, -0.1) is 0 Å². The third-order valence-electron chi connectivity index (χ3n) is 3.10. The first-order chi connectivity index (χ1) is 10.3. The van der Waals surface area contributed by atoms with Gasteiger partial charge in [0, 0.05) is 24.8 Å². The molecule has 2 heterocycles. The summed E-state index contributed by atoms with van der Waals surface area (Å²) >= 11 is 0. The van der Waals surface area contributed by atoms with Crippen LogP contribution >= 0.6 is 0 Å². The van der Waals surface area contributed by atoms with Gasteiger partial charge in [-0.3, -0.25) is 4.79 Å². The van der Waals surface area contributed by atoms with Crippen LogP contribution in [0.1, 0.15) is 29.2 Å². The molecule has 108 valence electrons. The normalized spacial score (nSPS) is 10.9. The van der Waals surface area contributed by atoms with Crippen molar-refractivity contribution in [2.24, 2.45) is 0 Å². The van der Waals surface area contributed by atoms with Crippen molar-refractivity contribution < 1.29 is 13.7 Å². The van der Waals surface area contributed by atoms with E-state index in [1.165, 1.54) is 0 Å². The molecule has 0 aliphatic rings. The minimum Gasteiger partial charge on any atom is -0.451 e. The van der Waals surface area contributed by atoms with Gasteiger partial charge in [0.2, 0.25) is 5.89 Å². The monoisotopic (exact) mass is 285 g/mol. The van der Waals surface area contributed by atoms with Gasteiger partial charge in [-0.1, -0.05) is 30.3 Å². The highest BCUT2D eigenvalue weighted by molar-refractivity contribution is 5.96. The van der Waals surface area contributed by atoms with E-state index in [4.69, 9.17) is 8.94 Å². The lowest BCUT2D eigenvalue weighted by Crippen LogP contribution is -2.25. The van der Waals surface area contributed by atoms with Crippen LogP contribution in [0.15, 0.2) is 39.3 Å². The molecule has 0 saturated heterocycles. The number of furan rings is 1. The molecule has 21 heavy (non-hydrogen) atoms. The Morgan fingerprint density at radius 1 is 1.33 bits per heavy atom. The van der Waals surface area contributed by atoms with Gasteiger partial charge in [-0.2, -0.15) is 4.98 Å². The molecule has 0 saturated carbocycles. The first kappa shape index (κ1) is 13.4. The van der Waals surface area contributed by atoms with Gasteiger partial charge in [-0.05, 0) is 12.1 Å². The van der Waals surface area contributed by atoms with Crippen LogP contribution in [0.3, 0.4) is 0 Å². The van der Waals surface area contributed by atoms with E-state index in [9.17, 15) is 4.79 Å². The summed E-state index contributed by atoms with van der Waals surface area (Å²) in [6.07, 6.45) is 1.23. The second kappa shape index (κ2) is 5.78. The van der Waals surface area contributed by atoms with Gasteiger partial charge < -0.3 is 14.3 Å². The molecule has 0 aliphatic heterocycles. The van der Waals surface area contributed by atoms with Crippen LogP contribution in [-0.2, 0) is 12.8 Å². The molecule has 1 N–H and O–H groups in total. The zero-order valence-electron chi connectivity index (χ0n) is 11.6. The number of rotatable bonds is 5. The summed E-state index contributed by atoms with van der Waals surface area (Å²) in [4.78, 5) is 16.2. The van der Waals surface area contributed by atoms with Crippen molar-refractivity contribution in [3.63, 3.8) is 0 Å². The second-order valence-corrected chi connectivity index (χ2v) is 4.61. The van der Waals surface area contributed by atoms with E-state index >= 15 is 0 Å². The predicted molar refractivity (Wildman–Crippen MR) is 75.9 cm³/mol. The molecule has 1 aromatic carbocycles. The number of para-hydroxylation sites is 1. The van der Waals surface area contributed by atoms with Crippen molar-refractivity contribution in [1.82, 2.24) is 15.5 Å². The minimum absolute atomic E-state index is 0.249. The highest BCUT2D eigenvalue weighted by Gasteiger charge is 2.12. The van der Waals surface area contributed by atoms with Gasteiger partial charge in [0.25, 0.3) is 5.91 Å². The van der Waals surface area contributed by atoms with Crippen molar-refractivity contribution >= 4 is 16.9 Å². The third kappa shape index (κ3) is 2.94. The topological polar surface area (TPSA) is 81.2 Å². The fourth-order valence-corrected chi connectivity index (χ4v) is 2.00. The summed E-state index contributed by atoms with van der Waals surface area (Å²) in [6.45, 7) is 2.37. The van der Waals surface area contributed by atoms with Crippen molar-refractivity contribution in [2.75, 3.05) is 6.54 Å². The fraction of sp³-hybridized carbons (Fsp3) is 0.267. The molecule has 3 rings (SSSR count). The van der Waals surface area contributed by atoms with E-state index in [0.717, 1.165) is 11.8 Å². The molecule has 1 amide bonds. The number of hydrogen-bond donors (Lipinski definition) is 1. The Morgan fingerprint density at radius 3 is 2.95 bits per heavy atom. The number of aryl methyl sites for hydroxylation is 1. The van der Waals surface area contributed by atoms with Gasteiger partial charge in [0.1, 0.15) is 5.58 Å². The van der Waals surface area contributed by atoms with E-state index in [1.807, 2.05) is 31.2 Å². The molecule has 0 radical (unpaired) electrons. The van der Waals surface area contributed by atoms with Gasteiger partial charge in [0.15, 0.2) is 11.6 Å². The number of carbonyl (C=O) groups excluding carboxylic acids is 1. The lowest BCUT2D eigenvalue weighted by molar-refractivity contribution is 0.0928. The second-order valence-electron chi connectivity index (χ2n) is 4.61. The number of carbonyl (C=O) groups is 1. The van der Waals surface area contributed by atoms with E-state index in [-0.39, 0.29) is 5.91 Å². The van der Waals surface area contributed by atoms with Gasteiger partial charge >= 0.3 is 0 Å². The van der Waals surface area contributed by atoms with Crippen LogP contribution in [0.25, 0.3) is 11.0 Å². The van der Waals surface area contributed by atoms with Crippen LogP contribution in [0.2, 0.25) is 0 Å². The lowest BCUT2D eigenvalue weighted by atomic mass is 10.2. The summed E-state index contributed by atoms with van der Waals surface area (Å²) in [5, 5.41) is 7.49. The van der Waals surface area contributed by atoms with Crippen molar-refractivity contribution in [2.45, 2.75) is 19.8 Å². The maximum Gasteiger partial charge on any atom is 0.287 e. The van der Waals surface area contributed by atoms with E-state index in [2.05, 4.69) is 15.5 Å². The van der Waals surface area contributed by atoms with E-state index in [0.29, 0.717) is 36.0 Å². The molecule has 0 atom stereocenters. The third-order valence-corrected chi connectivity index (χ3v) is 3.10. The summed E-state index contributed by atoms with van der Waals surface area (Å²) < 4.78 is 10.5. The number of amides is 1. The Labute approximate surface area is 121 Å². The molecule has 0 aliphatic carbocycles. The first-order valence-electron chi connectivity index (χ1n) is 6.84. The van der Waals surface area contributed by atoms with Crippen molar-refractivity contribution in [1.29, 1.82) is 0 Å². The molecule has 0 fully saturated rings. The molecule has 0 bridgehead atoms.